The summed E-state index contributed by atoms with van der Waals surface area (Å²) < 4.78 is 0. The first-order chi connectivity index (χ1) is 8.40. The van der Waals surface area contributed by atoms with Crippen LogP contribution in [0.25, 0.3) is 0 Å². The highest BCUT2D eigenvalue weighted by Crippen LogP contribution is 2.17. The van der Waals surface area contributed by atoms with Crippen LogP contribution in [0.5, 0.6) is 0 Å². The van der Waals surface area contributed by atoms with Gasteiger partial charge in [0.25, 0.3) is 0 Å². The number of aromatic carboxylic acids is 1. The van der Waals surface area contributed by atoms with Gasteiger partial charge in [0, 0.05) is 12.1 Å². The lowest BCUT2D eigenvalue weighted by molar-refractivity contribution is -0.116. The maximum atomic E-state index is 11.5. The Kier molecular flexibility index (Phi) is 4.85. The number of aliphatic hydroxyl groups excluding tert-OH is 1. The topological polar surface area (TPSA) is 86.6 Å². The molecular formula is C13H17NO4. The third-order valence-electron chi connectivity index (χ3n) is 2.54. The normalized spacial score (nSPS) is 11.9. The number of anilines is 1. The SMILES string of the molecule is Cc1cc(C(=O)O)ccc1NC(=O)CCC(C)O. The van der Waals surface area contributed by atoms with Crippen molar-refractivity contribution in [1.82, 2.24) is 0 Å². The van der Waals surface area contributed by atoms with Crippen LogP contribution in [0, 0.1) is 6.92 Å². The molecule has 0 heterocycles. The molecule has 0 aromatic heterocycles. The van der Waals surface area contributed by atoms with Crippen LogP contribution < -0.4 is 5.32 Å². The van der Waals surface area contributed by atoms with Crippen molar-refractivity contribution in [2.45, 2.75) is 32.8 Å². The molecule has 1 atom stereocenters. The smallest absolute Gasteiger partial charge is 0.335 e. The lowest BCUT2D eigenvalue weighted by Gasteiger charge is -2.09. The largest absolute Gasteiger partial charge is 0.478 e. The van der Waals surface area contributed by atoms with Crippen molar-refractivity contribution in [3.05, 3.63) is 29.3 Å². The molecule has 0 bridgehead atoms. The van der Waals surface area contributed by atoms with Crippen molar-refractivity contribution in [3.63, 3.8) is 0 Å². The van der Waals surface area contributed by atoms with Crippen LogP contribution in [0.1, 0.15) is 35.7 Å². The van der Waals surface area contributed by atoms with Gasteiger partial charge in [-0.15, -0.1) is 0 Å². The lowest BCUT2D eigenvalue weighted by Crippen LogP contribution is -2.15. The Hall–Kier alpha value is -1.88. The van der Waals surface area contributed by atoms with Crippen molar-refractivity contribution in [3.8, 4) is 0 Å². The Balaban J connectivity index is 2.68. The number of rotatable bonds is 5. The molecule has 18 heavy (non-hydrogen) atoms. The van der Waals surface area contributed by atoms with Gasteiger partial charge in [-0.2, -0.15) is 0 Å². The zero-order valence-corrected chi connectivity index (χ0v) is 10.4. The zero-order valence-electron chi connectivity index (χ0n) is 10.4. The minimum Gasteiger partial charge on any atom is -0.478 e. The average Bonchev–Trinajstić information content (AvgIpc) is 2.29. The van der Waals surface area contributed by atoms with E-state index in [0.717, 1.165) is 0 Å². The van der Waals surface area contributed by atoms with E-state index in [1.54, 1.807) is 19.9 Å². The number of carboxylic acids is 1. The molecule has 1 aromatic carbocycles. The first-order valence-corrected chi connectivity index (χ1v) is 5.72. The maximum absolute atomic E-state index is 11.5. The molecular weight excluding hydrogens is 234 g/mol. The quantitative estimate of drug-likeness (QED) is 0.744. The average molecular weight is 251 g/mol. The predicted molar refractivity (Wildman–Crippen MR) is 67.7 cm³/mol. The second-order valence-electron chi connectivity index (χ2n) is 4.27. The standard InChI is InChI=1S/C13H17NO4/c1-8-7-10(13(17)18)4-5-11(8)14-12(16)6-3-9(2)15/h4-5,7,9,15H,3,6H2,1-2H3,(H,14,16)(H,17,18). The molecule has 1 aromatic rings. The van der Waals surface area contributed by atoms with E-state index in [9.17, 15) is 9.59 Å². The van der Waals surface area contributed by atoms with Gasteiger partial charge < -0.3 is 15.5 Å². The minimum absolute atomic E-state index is 0.189. The summed E-state index contributed by atoms with van der Waals surface area (Å²) in [7, 11) is 0. The lowest BCUT2D eigenvalue weighted by atomic mass is 10.1. The van der Waals surface area contributed by atoms with Gasteiger partial charge in [0.2, 0.25) is 5.91 Å². The van der Waals surface area contributed by atoms with E-state index in [1.165, 1.54) is 12.1 Å². The van der Waals surface area contributed by atoms with E-state index in [1.807, 2.05) is 0 Å². The first-order valence-electron chi connectivity index (χ1n) is 5.72. The van der Waals surface area contributed by atoms with Gasteiger partial charge in [0.1, 0.15) is 0 Å². The molecule has 0 radical (unpaired) electrons. The predicted octanol–water partition coefficient (Wildman–Crippen LogP) is 1.79. The third-order valence-corrected chi connectivity index (χ3v) is 2.54. The summed E-state index contributed by atoms with van der Waals surface area (Å²) >= 11 is 0. The van der Waals surface area contributed by atoms with Crippen molar-refractivity contribution in [1.29, 1.82) is 0 Å². The number of carboxylic acid groups (broad SMARTS) is 1. The number of amides is 1. The Bertz CT molecular complexity index is 454. The number of nitrogens with one attached hydrogen (secondary N) is 1. The highest BCUT2D eigenvalue weighted by Gasteiger charge is 2.09. The third kappa shape index (κ3) is 4.18. The summed E-state index contributed by atoms with van der Waals surface area (Å²) in [6, 6.07) is 4.52. The summed E-state index contributed by atoms with van der Waals surface area (Å²) in [5, 5.41) is 20.6. The van der Waals surface area contributed by atoms with Crippen molar-refractivity contribution in [2.75, 3.05) is 5.32 Å². The van der Waals surface area contributed by atoms with Crippen LogP contribution in [0.15, 0.2) is 18.2 Å². The fourth-order valence-electron chi connectivity index (χ4n) is 1.49. The summed E-state index contributed by atoms with van der Waals surface area (Å²) in [6.07, 6.45) is 0.127. The summed E-state index contributed by atoms with van der Waals surface area (Å²) in [5.41, 5.74) is 1.48. The van der Waals surface area contributed by atoms with Crippen LogP contribution in [0.3, 0.4) is 0 Å². The summed E-state index contributed by atoms with van der Waals surface area (Å²) in [6.45, 7) is 3.36. The van der Waals surface area contributed by atoms with Gasteiger partial charge in [-0.05, 0) is 44.0 Å². The minimum atomic E-state index is -0.995. The van der Waals surface area contributed by atoms with Gasteiger partial charge >= 0.3 is 5.97 Å². The van der Waals surface area contributed by atoms with E-state index < -0.39 is 12.1 Å². The van der Waals surface area contributed by atoms with Crippen LogP contribution in [0.2, 0.25) is 0 Å². The second-order valence-corrected chi connectivity index (χ2v) is 4.27. The van der Waals surface area contributed by atoms with E-state index in [2.05, 4.69) is 5.32 Å². The molecule has 0 aliphatic carbocycles. The van der Waals surface area contributed by atoms with E-state index in [4.69, 9.17) is 10.2 Å². The van der Waals surface area contributed by atoms with Crippen LogP contribution in [-0.4, -0.2) is 28.2 Å². The number of hydrogen-bond acceptors (Lipinski definition) is 3. The Morgan fingerprint density at radius 1 is 1.39 bits per heavy atom. The van der Waals surface area contributed by atoms with Crippen molar-refractivity contribution in [2.24, 2.45) is 0 Å². The van der Waals surface area contributed by atoms with Gasteiger partial charge in [-0.3, -0.25) is 4.79 Å². The number of carbonyl (C=O) groups is 2. The molecule has 1 unspecified atom stereocenters. The first kappa shape index (κ1) is 14.2. The van der Waals surface area contributed by atoms with Gasteiger partial charge in [0.05, 0.1) is 11.7 Å². The molecule has 0 aliphatic heterocycles. The highest BCUT2D eigenvalue weighted by molar-refractivity contribution is 5.93. The molecule has 5 heteroatoms. The molecule has 1 rings (SSSR count). The molecule has 3 N–H and O–H groups in total. The van der Waals surface area contributed by atoms with E-state index >= 15 is 0 Å². The van der Waals surface area contributed by atoms with Crippen molar-refractivity contribution >= 4 is 17.6 Å². The fourth-order valence-corrected chi connectivity index (χ4v) is 1.49. The zero-order chi connectivity index (χ0) is 13.7. The van der Waals surface area contributed by atoms with Crippen LogP contribution in [-0.2, 0) is 4.79 Å². The molecule has 1 amide bonds. The van der Waals surface area contributed by atoms with Crippen molar-refractivity contribution < 1.29 is 19.8 Å². The monoisotopic (exact) mass is 251 g/mol. The Labute approximate surface area is 105 Å². The van der Waals surface area contributed by atoms with Gasteiger partial charge in [-0.25, -0.2) is 4.79 Å². The van der Waals surface area contributed by atoms with E-state index in [-0.39, 0.29) is 17.9 Å². The second kappa shape index (κ2) is 6.16. The number of carbonyl (C=O) groups excluding carboxylic acids is 1. The summed E-state index contributed by atoms with van der Waals surface area (Å²) in [4.78, 5) is 22.3. The highest BCUT2D eigenvalue weighted by atomic mass is 16.4. The number of benzene rings is 1. The molecule has 0 fully saturated rings. The summed E-state index contributed by atoms with van der Waals surface area (Å²) in [5.74, 6) is -1.19. The van der Waals surface area contributed by atoms with Gasteiger partial charge in [-0.1, -0.05) is 0 Å². The van der Waals surface area contributed by atoms with Gasteiger partial charge in [0.15, 0.2) is 0 Å². The molecule has 98 valence electrons. The number of aliphatic hydroxyl groups is 1. The molecule has 0 spiro atoms. The molecule has 0 aliphatic rings. The number of hydrogen-bond donors (Lipinski definition) is 3. The Morgan fingerprint density at radius 2 is 2.06 bits per heavy atom. The fraction of sp³-hybridized carbons (Fsp3) is 0.385. The number of aryl methyl sites for hydroxylation is 1. The Morgan fingerprint density at radius 3 is 2.56 bits per heavy atom. The maximum Gasteiger partial charge on any atom is 0.335 e. The van der Waals surface area contributed by atoms with Crippen LogP contribution >= 0.6 is 0 Å². The molecule has 0 saturated carbocycles. The van der Waals surface area contributed by atoms with E-state index in [0.29, 0.717) is 17.7 Å². The molecule has 5 nitrogen and oxygen atoms in total. The van der Waals surface area contributed by atoms with Crippen LogP contribution in [0.4, 0.5) is 5.69 Å². The molecule has 0 saturated heterocycles.